The molecule has 116 valence electrons. The highest BCUT2D eigenvalue weighted by atomic mass is 16.7. The van der Waals surface area contributed by atoms with Gasteiger partial charge in [0.2, 0.25) is 0 Å². The highest BCUT2D eigenvalue weighted by Gasteiger charge is 2.54. The lowest BCUT2D eigenvalue weighted by Crippen LogP contribution is -2.48. The molecule has 9 heteroatoms. The summed E-state index contributed by atoms with van der Waals surface area (Å²) >= 11 is 0. The lowest BCUT2D eigenvalue weighted by atomic mass is 9.79. The van der Waals surface area contributed by atoms with Crippen LogP contribution in [0.25, 0.3) is 0 Å². The summed E-state index contributed by atoms with van der Waals surface area (Å²) < 4.78 is 4.78. The van der Waals surface area contributed by atoms with Gasteiger partial charge in [-0.2, -0.15) is 0 Å². The Morgan fingerprint density at radius 3 is 2.20 bits per heavy atom. The fourth-order valence-electron chi connectivity index (χ4n) is 2.39. The van der Waals surface area contributed by atoms with Gasteiger partial charge in [-0.05, 0) is 13.3 Å². The predicted octanol–water partition coefficient (Wildman–Crippen LogP) is -2.05. The molecule has 1 aliphatic rings. The largest absolute Gasteiger partial charge is 0.481 e. The van der Waals surface area contributed by atoms with E-state index in [-0.39, 0.29) is 6.42 Å². The summed E-state index contributed by atoms with van der Waals surface area (Å²) in [6.45, 7) is 0.922. The zero-order chi connectivity index (χ0) is 15.7. The molecule has 0 bridgehead atoms. The molecular formula is C11H18O9. The van der Waals surface area contributed by atoms with Crippen molar-refractivity contribution in [2.45, 2.75) is 44.1 Å². The molecule has 0 amide bonds. The van der Waals surface area contributed by atoms with E-state index in [9.17, 15) is 30.0 Å². The predicted molar refractivity (Wildman–Crippen MR) is 61.2 cm³/mol. The zero-order valence-electron chi connectivity index (χ0n) is 10.7. The fourth-order valence-corrected chi connectivity index (χ4v) is 2.39. The topological polar surface area (TPSA) is 165 Å². The van der Waals surface area contributed by atoms with Gasteiger partial charge in [0.25, 0.3) is 0 Å². The van der Waals surface area contributed by atoms with E-state index in [1.165, 1.54) is 0 Å². The maximum atomic E-state index is 11.2. The number of hydrogen-bond acceptors (Lipinski definition) is 7. The first-order chi connectivity index (χ1) is 9.05. The van der Waals surface area contributed by atoms with E-state index in [0.29, 0.717) is 0 Å². The smallest absolute Gasteiger partial charge is 0.306 e. The van der Waals surface area contributed by atoms with Gasteiger partial charge in [-0.25, -0.2) is 0 Å². The second-order valence-electron chi connectivity index (χ2n) is 4.99. The van der Waals surface area contributed by atoms with E-state index in [1.54, 1.807) is 0 Å². The maximum absolute atomic E-state index is 11.2. The van der Waals surface area contributed by atoms with Crippen LogP contribution in [0.4, 0.5) is 0 Å². The van der Waals surface area contributed by atoms with Crippen LogP contribution in [0.3, 0.4) is 0 Å². The van der Waals surface area contributed by atoms with Gasteiger partial charge in [0.15, 0.2) is 12.1 Å². The third-order valence-corrected chi connectivity index (χ3v) is 3.31. The second kappa shape index (κ2) is 6.02. The molecule has 0 aromatic rings. The number of ether oxygens (including phenoxy) is 1. The van der Waals surface area contributed by atoms with E-state index < -0.39 is 54.5 Å². The highest BCUT2D eigenvalue weighted by Crippen LogP contribution is 2.38. The first-order valence-corrected chi connectivity index (χ1v) is 5.96. The number of carboxylic acid groups (broad SMARTS) is 2. The maximum Gasteiger partial charge on any atom is 0.306 e. The monoisotopic (exact) mass is 294 g/mol. The number of aliphatic hydroxyl groups excluding tert-OH is 2. The summed E-state index contributed by atoms with van der Waals surface area (Å²) in [6.07, 6.45) is -5.79. The van der Waals surface area contributed by atoms with Gasteiger partial charge in [-0.15, -0.1) is 0 Å². The van der Waals surface area contributed by atoms with E-state index in [0.717, 1.165) is 6.92 Å². The molecule has 1 aliphatic heterocycles. The van der Waals surface area contributed by atoms with Crippen molar-refractivity contribution in [1.82, 2.24) is 0 Å². The molecule has 0 aromatic carbocycles. The molecule has 1 fully saturated rings. The third kappa shape index (κ3) is 3.64. The van der Waals surface area contributed by atoms with Crippen LogP contribution >= 0.6 is 0 Å². The Morgan fingerprint density at radius 2 is 1.80 bits per heavy atom. The fraction of sp³-hybridized carbons (Fsp3) is 0.818. The first-order valence-electron chi connectivity index (χ1n) is 5.96. The van der Waals surface area contributed by atoms with Gasteiger partial charge in [-0.1, -0.05) is 0 Å². The molecule has 0 saturated carbocycles. The lowest BCUT2D eigenvalue weighted by molar-refractivity contribution is -0.250. The average Bonchev–Trinajstić information content (AvgIpc) is 2.56. The minimum Gasteiger partial charge on any atom is -0.481 e. The molecule has 0 spiro atoms. The molecule has 0 unspecified atom stereocenters. The average molecular weight is 294 g/mol. The minimum atomic E-state index is -2.49. The van der Waals surface area contributed by atoms with E-state index >= 15 is 0 Å². The summed E-state index contributed by atoms with van der Waals surface area (Å²) in [5, 5.41) is 56.0. The Labute approximate surface area is 114 Å². The molecule has 9 nitrogen and oxygen atoms in total. The van der Waals surface area contributed by atoms with Crippen LogP contribution in [0.5, 0.6) is 0 Å². The summed E-state index contributed by atoms with van der Waals surface area (Å²) in [7, 11) is 0. The third-order valence-electron chi connectivity index (χ3n) is 3.31. The highest BCUT2D eigenvalue weighted by molar-refractivity contribution is 5.72. The summed E-state index contributed by atoms with van der Waals surface area (Å²) in [5.41, 5.74) is 0. The zero-order valence-corrected chi connectivity index (χ0v) is 10.7. The normalized spacial score (nSPS) is 32.0. The Hall–Kier alpha value is -1.26. The quantitative estimate of drug-likeness (QED) is 0.302. The number of hydrogen-bond donors (Lipinski definition) is 6. The molecule has 0 aromatic heterocycles. The van der Waals surface area contributed by atoms with Gasteiger partial charge in [0.05, 0.1) is 5.92 Å². The van der Waals surface area contributed by atoms with Crippen molar-refractivity contribution in [3.05, 3.63) is 0 Å². The van der Waals surface area contributed by atoms with Gasteiger partial charge >= 0.3 is 11.9 Å². The van der Waals surface area contributed by atoms with Crippen LogP contribution in [0.2, 0.25) is 0 Å². The first kappa shape index (κ1) is 16.8. The van der Waals surface area contributed by atoms with Crippen molar-refractivity contribution >= 4 is 11.9 Å². The Kier molecular flexibility index (Phi) is 5.05. The Bertz CT molecular complexity index is 375. The van der Waals surface area contributed by atoms with Crippen molar-refractivity contribution in [3.8, 4) is 0 Å². The number of carboxylic acids is 2. The number of carbonyl (C=O) groups is 2. The van der Waals surface area contributed by atoms with Gasteiger partial charge in [0.1, 0.15) is 12.2 Å². The Balaban J connectivity index is 3.00. The summed E-state index contributed by atoms with van der Waals surface area (Å²) in [5.74, 6) is -7.87. The summed E-state index contributed by atoms with van der Waals surface area (Å²) in [4.78, 5) is 21.7. The van der Waals surface area contributed by atoms with Crippen LogP contribution in [-0.4, -0.2) is 66.9 Å². The van der Waals surface area contributed by atoms with E-state index in [4.69, 9.17) is 14.9 Å². The molecule has 0 aliphatic carbocycles. The molecule has 6 N–H and O–H groups in total. The molecule has 1 rings (SSSR count). The van der Waals surface area contributed by atoms with Crippen LogP contribution in [0.1, 0.15) is 19.8 Å². The van der Waals surface area contributed by atoms with Crippen molar-refractivity contribution in [2.75, 3.05) is 0 Å². The second-order valence-corrected chi connectivity index (χ2v) is 4.99. The van der Waals surface area contributed by atoms with Crippen LogP contribution in [-0.2, 0) is 14.3 Å². The van der Waals surface area contributed by atoms with Crippen molar-refractivity contribution in [1.29, 1.82) is 0 Å². The standard InChI is InChI=1S/C11H18O9/c1-11(18,19)8-6(7(14)10(17)20-8)4(9(15)16)2-3-5(12)13/h4,6-8,10,14,17-19H,2-3H2,1H3,(H,12,13)(H,15,16)/t4-,6-,7-,8-,10+/m1/s1. The molecular weight excluding hydrogens is 276 g/mol. The molecule has 5 atom stereocenters. The van der Waals surface area contributed by atoms with E-state index in [1.807, 2.05) is 0 Å². The van der Waals surface area contributed by atoms with Crippen LogP contribution < -0.4 is 0 Å². The van der Waals surface area contributed by atoms with Crippen LogP contribution in [0, 0.1) is 11.8 Å². The lowest BCUT2D eigenvalue weighted by Gasteiger charge is -2.31. The number of rotatable bonds is 6. The van der Waals surface area contributed by atoms with Crippen molar-refractivity contribution in [3.63, 3.8) is 0 Å². The van der Waals surface area contributed by atoms with Gasteiger partial charge < -0.3 is 35.4 Å². The SMILES string of the molecule is CC(O)(O)[C@@H]1O[C@H](O)[C@H](O)[C@H]1[C@@H](CCC(=O)O)C(=O)O. The molecule has 20 heavy (non-hydrogen) atoms. The Morgan fingerprint density at radius 1 is 1.25 bits per heavy atom. The summed E-state index contributed by atoms with van der Waals surface area (Å²) in [6, 6.07) is 0. The van der Waals surface area contributed by atoms with E-state index in [2.05, 4.69) is 0 Å². The van der Waals surface area contributed by atoms with Crippen LogP contribution in [0.15, 0.2) is 0 Å². The van der Waals surface area contributed by atoms with Crippen molar-refractivity contribution in [2.24, 2.45) is 11.8 Å². The van der Waals surface area contributed by atoms with Gasteiger partial charge in [-0.3, -0.25) is 9.59 Å². The van der Waals surface area contributed by atoms with Crippen molar-refractivity contribution < 1.29 is 45.0 Å². The number of aliphatic carboxylic acids is 2. The molecule has 0 radical (unpaired) electrons. The number of aliphatic hydroxyl groups is 4. The minimum absolute atomic E-state index is 0.338. The molecule has 1 heterocycles. The van der Waals surface area contributed by atoms with Gasteiger partial charge in [0, 0.05) is 12.3 Å². The molecule has 1 saturated heterocycles.